The molecule has 0 fully saturated rings. The summed E-state index contributed by atoms with van der Waals surface area (Å²) in [5, 5.41) is 3.91. The number of hydrogen-bond donors (Lipinski definition) is 2. The van der Waals surface area contributed by atoms with Crippen molar-refractivity contribution in [1.29, 1.82) is 0 Å². The SMILES string of the molecule is CCOC(C)(C)CNc1ccc(Cl)cc1C(N)=S. The minimum Gasteiger partial charge on any atom is -0.389 e. The van der Waals surface area contributed by atoms with Crippen molar-refractivity contribution in [2.75, 3.05) is 18.5 Å². The number of hydrogen-bond acceptors (Lipinski definition) is 3. The Bertz CT molecular complexity index is 435. The van der Waals surface area contributed by atoms with E-state index in [9.17, 15) is 0 Å². The van der Waals surface area contributed by atoms with Gasteiger partial charge in [0.2, 0.25) is 0 Å². The van der Waals surface area contributed by atoms with Crippen molar-refractivity contribution in [3.63, 3.8) is 0 Å². The summed E-state index contributed by atoms with van der Waals surface area (Å²) in [5.74, 6) is 0. The minimum atomic E-state index is -0.248. The molecule has 3 nitrogen and oxygen atoms in total. The van der Waals surface area contributed by atoms with Crippen LogP contribution in [-0.2, 0) is 4.74 Å². The van der Waals surface area contributed by atoms with Gasteiger partial charge in [0.15, 0.2) is 0 Å². The van der Waals surface area contributed by atoms with Gasteiger partial charge < -0.3 is 15.8 Å². The maximum absolute atomic E-state index is 5.93. The Hall–Kier alpha value is -0.840. The third kappa shape index (κ3) is 4.44. The van der Waals surface area contributed by atoms with Crippen LogP contribution in [0.4, 0.5) is 5.69 Å². The largest absolute Gasteiger partial charge is 0.389 e. The van der Waals surface area contributed by atoms with Crippen LogP contribution in [0.5, 0.6) is 0 Å². The number of thiocarbonyl (C=S) groups is 1. The molecule has 0 unspecified atom stereocenters. The lowest BCUT2D eigenvalue weighted by Crippen LogP contribution is -2.33. The molecule has 0 heterocycles. The first-order chi connectivity index (χ1) is 8.35. The maximum atomic E-state index is 5.93. The van der Waals surface area contributed by atoms with E-state index < -0.39 is 0 Å². The van der Waals surface area contributed by atoms with Crippen LogP contribution in [-0.4, -0.2) is 23.7 Å². The standard InChI is InChI=1S/C13H19ClN2OS/c1-4-17-13(2,3)8-16-11-6-5-9(14)7-10(11)12(15)18/h5-7,16H,4,8H2,1-3H3,(H2,15,18). The van der Waals surface area contributed by atoms with Crippen molar-refractivity contribution in [2.24, 2.45) is 5.73 Å². The molecule has 0 radical (unpaired) electrons. The zero-order valence-corrected chi connectivity index (χ0v) is 12.5. The summed E-state index contributed by atoms with van der Waals surface area (Å²) in [6, 6.07) is 5.44. The average Bonchev–Trinajstić information content (AvgIpc) is 2.27. The predicted molar refractivity (Wildman–Crippen MR) is 81.5 cm³/mol. The molecule has 1 rings (SSSR count). The highest BCUT2D eigenvalue weighted by atomic mass is 35.5. The number of halogens is 1. The van der Waals surface area contributed by atoms with Gasteiger partial charge in [-0.25, -0.2) is 0 Å². The van der Waals surface area contributed by atoms with Crippen LogP contribution < -0.4 is 11.1 Å². The summed E-state index contributed by atoms with van der Waals surface area (Å²) in [6.45, 7) is 7.37. The molecule has 0 spiro atoms. The summed E-state index contributed by atoms with van der Waals surface area (Å²) in [6.07, 6.45) is 0. The van der Waals surface area contributed by atoms with Gasteiger partial charge in [0.25, 0.3) is 0 Å². The normalized spacial score (nSPS) is 11.3. The number of nitrogens with one attached hydrogen (secondary N) is 1. The van der Waals surface area contributed by atoms with Crippen LogP contribution in [0.2, 0.25) is 5.02 Å². The van der Waals surface area contributed by atoms with E-state index in [1.807, 2.05) is 26.8 Å². The lowest BCUT2D eigenvalue weighted by atomic mass is 10.1. The monoisotopic (exact) mass is 286 g/mol. The van der Waals surface area contributed by atoms with Crippen LogP contribution in [0.3, 0.4) is 0 Å². The first-order valence-corrected chi connectivity index (χ1v) is 6.61. The average molecular weight is 287 g/mol. The van der Waals surface area contributed by atoms with E-state index in [0.717, 1.165) is 11.3 Å². The van der Waals surface area contributed by atoms with Crippen molar-refractivity contribution in [3.8, 4) is 0 Å². The second-order valence-electron chi connectivity index (χ2n) is 4.60. The van der Waals surface area contributed by atoms with E-state index in [1.165, 1.54) is 0 Å². The van der Waals surface area contributed by atoms with Gasteiger partial charge in [0.1, 0.15) is 4.99 Å². The summed E-state index contributed by atoms with van der Waals surface area (Å²) < 4.78 is 5.62. The highest BCUT2D eigenvalue weighted by Gasteiger charge is 2.18. The van der Waals surface area contributed by atoms with Gasteiger partial charge in [-0.3, -0.25) is 0 Å². The van der Waals surface area contributed by atoms with Crippen molar-refractivity contribution < 1.29 is 4.74 Å². The molecule has 0 saturated carbocycles. The van der Waals surface area contributed by atoms with E-state index >= 15 is 0 Å². The molecule has 0 amide bonds. The number of nitrogens with two attached hydrogens (primary N) is 1. The summed E-state index contributed by atoms with van der Waals surface area (Å²) in [7, 11) is 0. The van der Waals surface area contributed by atoms with Gasteiger partial charge in [-0.15, -0.1) is 0 Å². The molecule has 0 saturated heterocycles. The Morgan fingerprint density at radius 3 is 2.72 bits per heavy atom. The fourth-order valence-electron chi connectivity index (χ4n) is 1.62. The molecule has 100 valence electrons. The zero-order chi connectivity index (χ0) is 13.8. The summed E-state index contributed by atoms with van der Waals surface area (Å²) in [5.41, 5.74) is 7.06. The molecule has 3 N–H and O–H groups in total. The predicted octanol–water partition coefficient (Wildman–Crippen LogP) is 3.20. The van der Waals surface area contributed by atoms with Crippen molar-refractivity contribution in [3.05, 3.63) is 28.8 Å². The Labute approximate surface area is 119 Å². The van der Waals surface area contributed by atoms with Gasteiger partial charge in [-0.05, 0) is 39.0 Å². The number of ether oxygens (including phenoxy) is 1. The maximum Gasteiger partial charge on any atom is 0.106 e. The number of rotatable bonds is 6. The number of benzene rings is 1. The molecule has 18 heavy (non-hydrogen) atoms. The highest BCUT2D eigenvalue weighted by molar-refractivity contribution is 7.80. The van der Waals surface area contributed by atoms with Crippen LogP contribution in [0.15, 0.2) is 18.2 Å². The third-order valence-corrected chi connectivity index (χ3v) is 2.94. The fraction of sp³-hybridized carbons (Fsp3) is 0.462. The Morgan fingerprint density at radius 2 is 2.17 bits per heavy atom. The van der Waals surface area contributed by atoms with Gasteiger partial charge >= 0.3 is 0 Å². The Kier molecular flexibility index (Phi) is 5.38. The Morgan fingerprint density at radius 1 is 1.50 bits per heavy atom. The molecule has 5 heteroatoms. The van der Waals surface area contributed by atoms with Gasteiger partial charge in [-0.1, -0.05) is 23.8 Å². The van der Waals surface area contributed by atoms with Gasteiger partial charge in [0.05, 0.1) is 5.60 Å². The quantitative estimate of drug-likeness (QED) is 0.789. The molecule has 0 aromatic heterocycles. The number of anilines is 1. The molecular weight excluding hydrogens is 268 g/mol. The third-order valence-electron chi connectivity index (χ3n) is 2.49. The van der Waals surface area contributed by atoms with Crippen molar-refractivity contribution in [2.45, 2.75) is 26.4 Å². The first kappa shape index (κ1) is 15.2. The second-order valence-corrected chi connectivity index (χ2v) is 5.48. The highest BCUT2D eigenvalue weighted by Crippen LogP contribution is 2.22. The molecule has 0 aliphatic carbocycles. The van der Waals surface area contributed by atoms with Crippen LogP contribution in [0, 0.1) is 0 Å². The molecule has 0 aliphatic heterocycles. The van der Waals surface area contributed by atoms with Gasteiger partial charge in [0, 0.05) is 29.4 Å². The molecule has 1 aromatic carbocycles. The molecular formula is C13H19ClN2OS. The van der Waals surface area contributed by atoms with Crippen LogP contribution in [0.25, 0.3) is 0 Å². The van der Waals surface area contributed by atoms with Crippen molar-refractivity contribution >= 4 is 34.5 Å². The topological polar surface area (TPSA) is 47.3 Å². The molecule has 0 aliphatic rings. The van der Waals surface area contributed by atoms with E-state index in [4.69, 9.17) is 34.3 Å². The van der Waals surface area contributed by atoms with E-state index in [2.05, 4.69) is 5.32 Å². The summed E-state index contributed by atoms with van der Waals surface area (Å²) in [4.78, 5) is 0.328. The van der Waals surface area contributed by atoms with E-state index in [0.29, 0.717) is 23.2 Å². The lowest BCUT2D eigenvalue weighted by Gasteiger charge is -2.26. The van der Waals surface area contributed by atoms with Crippen LogP contribution in [0.1, 0.15) is 26.3 Å². The Balaban J connectivity index is 2.82. The second kappa shape index (κ2) is 6.36. The lowest BCUT2D eigenvalue weighted by molar-refractivity contribution is 0.000698. The minimum absolute atomic E-state index is 0.248. The molecule has 0 atom stereocenters. The van der Waals surface area contributed by atoms with E-state index in [1.54, 1.807) is 12.1 Å². The van der Waals surface area contributed by atoms with Crippen molar-refractivity contribution in [1.82, 2.24) is 0 Å². The fourth-order valence-corrected chi connectivity index (χ4v) is 1.97. The van der Waals surface area contributed by atoms with Gasteiger partial charge in [-0.2, -0.15) is 0 Å². The molecule has 0 bridgehead atoms. The summed E-state index contributed by atoms with van der Waals surface area (Å²) >= 11 is 10.9. The first-order valence-electron chi connectivity index (χ1n) is 5.83. The zero-order valence-electron chi connectivity index (χ0n) is 10.9. The van der Waals surface area contributed by atoms with E-state index in [-0.39, 0.29) is 5.60 Å². The molecule has 1 aromatic rings. The smallest absolute Gasteiger partial charge is 0.106 e. The van der Waals surface area contributed by atoms with Crippen LogP contribution >= 0.6 is 23.8 Å².